The summed E-state index contributed by atoms with van der Waals surface area (Å²) in [7, 11) is 1.60. The monoisotopic (exact) mass is 946 g/mol. The molecule has 0 aromatic rings. The Bertz CT molecular complexity index is 1300. The fourth-order valence-electron chi connectivity index (χ4n) is 7.70. The van der Waals surface area contributed by atoms with Gasteiger partial charge >= 0.3 is 7.82 Å². The molecule has 66 heavy (non-hydrogen) atoms. The second kappa shape index (κ2) is 48.0. The van der Waals surface area contributed by atoms with E-state index in [1.54, 1.807) is 0 Å². The SMILES string of the molecule is CC/C=C\C/C=C\C/C=C\C/C=C\C/C=C\C/C=C\CCCCCCCCCCC(=O)NC(COP(=O)(O)OCC[N+](C)(C)C)C(O)CCCCCCCCCCCCCCCCCCC. The summed E-state index contributed by atoms with van der Waals surface area (Å²) in [6, 6.07) is -0.769. The lowest BCUT2D eigenvalue weighted by Crippen LogP contribution is -2.46. The van der Waals surface area contributed by atoms with Gasteiger partial charge in [0.15, 0.2) is 0 Å². The average Bonchev–Trinajstić information content (AvgIpc) is 3.28. The van der Waals surface area contributed by atoms with Crippen LogP contribution >= 0.6 is 7.82 Å². The Labute approximate surface area is 408 Å². The molecular formula is C57H106N2O6P+. The predicted octanol–water partition coefficient (Wildman–Crippen LogP) is 16.3. The quantitative estimate of drug-likeness (QED) is 0.0243. The molecule has 0 radical (unpaired) electrons. The summed E-state index contributed by atoms with van der Waals surface area (Å²) in [5.74, 6) is -0.154. The minimum Gasteiger partial charge on any atom is -0.391 e. The summed E-state index contributed by atoms with van der Waals surface area (Å²) in [5, 5.41) is 14.0. The van der Waals surface area contributed by atoms with E-state index in [9.17, 15) is 19.4 Å². The Kier molecular flexibility index (Phi) is 46.5. The van der Waals surface area contributed by atoms with Crippen molar-refractivity contribution in [2.24, 2.45) is 0 Å². The number of quaternary nitrogens is 1. The number of rotatable bonds is 49. The molecule has 0 aromatic carbocycles. The van der Waals surface area contributed by atoms with E-state index in [0.29, 0.717) is 23.9 Å². The van der Waals surface area contributed by atoms with Gasteiger partial charge in [-0.25, -0.2) is 4.57 Å². The Morgan fingerprint density at radius 1 is 0.530 bits per heavy atom. The second-order valence-corrected chi connectivity index (χ2v) is 21.0. The van der Waals surface area contributed by atoms with Crippen LogP contribution in [0.2, 0.25) is 0 Å². The van der Waals surface area contributed by atoms with Gasteiger partial charge in [-0.3, -0.25) is 13.8 Å². The highest BCUT2D eigenvalue weighted by Gasteiger charge is 2.28. The first kappa shape index (κ1) is 63.9. The summed E-state index contributed by atoms with van der Waals surface area (Å²) in [5.41, 5.74) is 0. The van der Waals surface area contributed by atoms with E-state index in [2.05, 4.69) is 92.1 Å². The number of amides is 1. The van der Waals surface area contributed by atoms with E-state index in [-0.39, 0.29) is 19.1 Å². The number of phosphoric acid groups is 1. The third-order valence-corrected chi connectivity index (χ3v) is 13.0. The summed E-state index contributed by atoms with van der Waals surface area (Å²) in [6.07, 6.45) is 65.1. The number of phosphoric ester groups is 1. The molecule has 0 saturated carbocycles. The molecule has 3 unspecified atom stereocenters. The fourth-order valence-corrected chi connectivity index (χ4v) is 8.43. The number of nitrogens with zero attached hydrogens (tertiary/aromatic N) is 1. The van der Waals surface area contributed by atoms with Crippen LogP contribution < -0.4 is 5.32 Å². The molecule has 0 saturated heterocycles. The maximum absolute atomic E-state index is 13.0. The van der Waals surface area contributed by atoms with E-state index in [0.717, 1.165) is 83.5 Å². The highest BCUT2D eigenvalue weighted by atomic mass is 31.2. The number of nitrogens with one attached hydrogen (secondary N) is 1. The van der Waals surface area contributed by atoms with Crippen molar-refractivity contribution in [3.63, 3.8) is 0 Å². The van der Waals surface area contributed by atoms with Crippen molar-refractivity contribution in [2.75, 3.05) is 40.9 Å². The minimum absolute atomic E-state index is 0.0699. The topological polar surface area (TPSA) is 105 Å². The molecule has 3 atom stereocenters. The molecule has 0 aliphatic rings. The molecule has 0 heterocycles. The first-order valence-corrected chi connectivity index (χ1v) is 28.8. The predicted molar refractivity (Wildman–Crippen MR) is 286 cm³/mol. The number of likely N-dealkylation sites (N-methyl/N-ethyl adjacent to an activating group) is 1. The van der Waals surface area contributed by atoms with Crippen molar-refractivity contribution in [3.8, 4) is 0 Å². The van der Waals surface area contributed by atoms with Gasteiger partial charge in [0.25, 0.3) is 0 Å². The number of aliphatic hydroxyl groups excluding tert-OH is 1. The number of hydrogen-bond donors (Lipinski definition) is 3. The van der Waals surface area contributed by atoms with Crippen molar-refractivity contribution >= 4 is 13.7 Å². The standard InChI is InChI=1S/C57H105N2O6P/c1-6-8-10-12-14-16-18-20-22-24-25-26-27-28-29-30-31-32-33-35-37-39-41-43-45-47-49-51-57(61)58-55(54-65-66(62,63)64-53-52-59(3,4)5)56(60)50-48-46-44-42-40-38-36-34-23-21-19-17-15-13-11-9-7-2/h8,10,14,16,20,22,25-26,28-29,31-32,55-56,60H,6-7,9,11-13,15,17-19,21,23-24,27,30,33-54H2,1-5H3,(H-,58,61,62,63)/p+1/b10-8-,16-14-,22-20-,26-25-,29-28-,32-31-. The van der Waals surface area contributed by atoms with E-state index in [1.165, 1.54) is 122 Å². The molecule has 384 valence electrons. The molecule has 9 heteroatoms. The largest absolute Gasteiger partial charge is 0.472 e. The van der Waals surface area contributed by atoms with Gasteiger partial charge in [0.1, 0.15) is 13.2 Å². The van der Waals surface area contributed by atoms with Gasteiger partial charge in [0.05, 0.1) is 39.9 Å². The van der Waals surface area contributed by atoms with Crippen LogP contribution in [0.25, 0.3) is 0 Å². The maximum atomic E-state index is 13.0. The third kappa shape index (κ3) is 49.8. The van der Waals surface area contributed by atoms with Crippen molar-refractivity contribution < 1.29 is 32.9 Å². The summed E-state index contributed by atoms with van der Waals surface area (Å²) in [6.45, 7) is 4.77. The summed E-state index contributed by atoms with van der Waals surface area (Å²) in [4.78, 5) is 23.3. The lowest BCUT2D eigenvalue weighted by Gasteiger charge is -2.26. The van der Waals surface area contributed by atoms with Gasteiger partial charge < -0.3 is 19.8 Å². The van der Waals surface area contributed by atoms with Crippen LogP contribution in [0.15, 0.2) is 72.9 Å². The van der Waals surface area contributed by atoms with Gasteiger partial charge in [0, 0.05) is 6.42 Å². The zero-order valence-corrected chi connectivity index (χ0v) is 44.6. The van der Waals surface area contributed by atoms with E-state index in [1.807, 2.05) is 21.1 Å². The van der Waals surface area contributed by atoms with Crippen LogP contribution in [0.1, 0.15) is 232 Å². The average molecular weight is 946 g/mol. The normalized spacial score (nSPS) is 14.6. The number of hydrogen-bond acceptors (Lipinski definition) is 5. The lowest BCUT2D eigenvalue weighted by molar-refractivity contribution is -0.870. The zero-order valence-electron chi connectivity index (χ0n) is 43.7. The number of aliphatic hydroxyl groups is 1. The zero-order chi connectivity index (χ0) is 48.5. The molecule has 0 aliphatic carbocycles. The van der Waals surface area contributed by atoms with Gasteiger partial charge in [-0.2, -0.15) is 0 Å². The highest BCUT2D eigenvalue weighted by Crippen LogP contribution is 2.43. The minimum atomic E-state index is -4.33. The van der Waals surface area contributed by atoms with Gasteiger partial charge in [-0.1, -0.05) is 234 Å². The molecule has 0 bridgehead atoms. The number of carbonyl (C=O) groups excluding carboxylic acids is 1. The maximum Gasteiger partial charge on any atom is 0.472 e. The first-order valence-electron chi connectivity index (χ1n) is 27.3. The van der Waals surface area contributed by atoms with Crippen LogP contribution in [0.5, 0.6) is 0 Å². The Morgan fingerprint density at radius 2 is 0.909 bits per heavy atom. The van der Waals surface area contributed by atoms with Crippen molar-refractivity contribution in [1.29, 1.82) is 0 Å². The number of unbranched alkanes of at least 4 members (excludes halogenated alkanes) is 24. The summed E-state index contributed by atoms with van der Waals surface area (Å²) >= 11 is 0. The molecule has 0 aromatic heterocycles. The molecule has 0 spiro atoms. The van der Waals surface area contributed by atoms with Crippen LogP contribution in [0, 0.1) is 0 Å². The highest BCUT2D eigenvalue weighted by molar-refractivity contribution is 7.47. The van der Waals surface area contributed by atoms with Crippen LogP contribution in [0.3, 0.4) is 0 Å². The van der Waals surface area contributed by atoms with E-state index < -0.39 is 20.0 Å². The summed E-state index contributed by atoms with van der Waals surface area (Å²) < 4.78 is 23.7. The third-order valence-electron chi connectivity index (χ3n) is 12.0. The molecule has 8 nitrogen and oxygen atoms in total. The number of carbonyl (C=O) groups is 1. The Morgan fingerprint density at radius 3 is 1.33 bits per heavy atom. The van der Waals surface area contributed by atoms with Crippen molar-refractivity contribution in [1.82, 2.24) is 5.32 Å². The molecular weight excluding hydrogens is 840 g/mol. The van der Waals surface area contributed by atoms with Crippen molar-refractivity contribution in [2.45, 2.75) is 244 Å². The van der Waals surface area contributed by atoms with E-state index >= 15 is 0 Å². The Balaban J connectivity index is 4.24. The fraction of sp³-hybridized carbons (Fsp3) is 0.772. The first-order chi connectivity index (χ1) is 32.0. The van der Waals surface area contributed by atoms with Gasteiger partial charge in [-0.05, 0) is 64.2 Å². The molecule has 1 amide bonds. The smallest absolute Gasteiger partial charge is 0.391 e. The van der Waals surface area contributed by atoms with E-state index in [4.69, 9.17) is 9.05 Å². The van der Waals surface area contributed by atoms with Crippen LogP contribution in [-0.2, 0) is 18.4 Å². The molecule has 0 rings (SSSR count). The van der Waals surface area contributed by atoms with Crippen LogP contribution in [0.4, 0.5) is 0 Å². The Hall–Kier alpha value is -2.06. The molecule has 0 fully saturated rings. The molecule has 3 N–H and O–H groups in total. The van der Waals surface area contributed by atoms with Crippen molar-refractivity contribution in [3.05, 3.63) is 72.9 Å². The lowest BCUT2D eigenvalue weighted by atomic mass is 10.0. The second-order valence-electron chi connectivity index (χ2n) is 19.6. The van der Waals surface area contributed by atoms with Gasteiger partial charge in [-0.15, -0.1) is 0 Å². The molecule has 0 aliphatic heterocycles. The van der Waals surface area contributed by atoms with Gasteiger partial charge in [0.2, 0.25) is 5.91 Å². The number of allylic oxidation sites excluding steroid dienone is 12. The van der Waals surface area contributed by atoms with Crippen LogP contribution in [-0.4, -0.2) is 73.4 Å².